The number of carbonyl (C=O) groups is 3. The van der Waals surface area contributed by atoms with Crippen LogP contribution in [0.4, 0.5) is 0 Å². The third-order valence-electron chi connectivity index (χ3n) is 1.31. The van der Waals surface area contributed by atoms with E-state index in [2.05, 4.69) is 9.47 Å². The van der Waals surface area contributed by atoms with E-state index in [4.69, 9.17) is 4.43 Å². The molecule has 0 aromatic rings. The normalized spacial score (nSPS) is 11.1. The first-order valence-electron chi connectivity index (χ1n) is 4.89. The van der Waals surface area contributed by atoms with Crippen LogP contribution in [0.2, 0.25) is 19.6 Å². The van der Waals surface area contributed by atoms with Crippen molar-refractivity contribution in [3.05, 3.63) is 12.2 Å². The van der Waals surface area contributed by atoms with Crippen LogP contribution in [0, 0.1) is 0 Å². The van der Waals surface area contributed by atoms with Gasteiger partial charge in [-0.15, -0.1) is 0 Å². The maximum absolute atomic E-state index is 11.2. The fourth-order valence-electron chi connectivity index (χ4n) is 0.753. The van der Waals surface area contributed by atoms with Crippen LogP contribution in [0.3, 0.4) is 0 Å². The van der Waals surface area contributed by atoms with Gasteiger partial charge in [0.05, 0.1) is 7.11 Å². The highest BCUT2D eigenvalue weighted by atomic mass is 28.4. The molecule has 0 spiro atoms. The van der Waals surface area contributed by atoms with Crippen molar-refractivity contribution in [2.45, 2.75) is 19.6 Å². The second-order valence-electron chi connectivity index (χ2n) is 4.05. The quantitative estimate of drug-likeness (QED) is 0.410. The molecule has 0 unspecified atom stereocenters. The van der Waals surface area contributed by atoms with Crippen LogP contribution in [0.1, 0.15) is 0 Å². The van der Waals surface area contributed by atoms with E-state index in [0.717, 1.165) is 12.2 Å². The van der Waals surface area contributed by atoms with E-state index in [1.807, 2.05) is 19.6 Å². The first-order valence-corrected chi connectivity index (χ1v) is 8.30. The number of ether oxygens (including phenoxy) is 2. The van der Waals surface area contributed by atoms with Gasteiger partial charge in [0.15, 0.2) is 6.61 Å². The summed E-state index contributed by atoms with van der Waals surface area (Å²) in [7, 11) is -0.784. The molecule has 0 aromatic carbocycles. The van der Waals surface area contributed by atoms with Gasteiger partial charge in [0.25, 0.3) is 0 Å². The van der Waals surface area contributed by atoms with Crippen LogP contribution in [0.25, 0.3) is 0 Å². The molecule has 0 bridgehead atoms. The molecular formula is C10H16O6Si. The summed E-state index contributed by atoms with van der Waals surface area (Å²) in [5.74, 6) is -2.07. The maximum atomic E-state index is 11.2. The highest BCUT2D eigenvalue weighted by Gasteiger charge is 2.20. The summed E-state index contributed by atoms with van der Waals surface area (Å²) in [5.41, 5.74) is 0. The van der Waals surface area contributed by atoms with E-state index in [9.17, 15) is 14.4 Å². The molecule has 0 aromatic heterocycles. The Balaban J connectivity index is 3.97. The van der Waals surface area contributed by atoms with Gasteiger partial charge in [0.1, 0.15) is 0 Å². The minimum atomic E-state index is -1.97. The number of esters is 2. The van der Waals surface area contributed by atoms with E-state index in [-0.39, 0.29) is 0 Å². The van der Waals surface area contributed by atoms with Crippen molar-refractivity contribution in [1.82, 2.24) is 0 Å². The Labute approximate surface area is 101 Å². The van der Waals surface area contributed by atoms with Gasteiger partial charge in [-0.05, 0) is 19.6 Å². The maximum Gasteiger partial charge on any atom is 0.331 e. The second kappa shape index (κ2) is 6.84. The molecule has 17 heavy (non-hydrogen) atoms. The van der Waals surface area contributed by atoms with Crippen molar-refractivity contribution in [3.8, 4) is 0 Å². The van der Waals surface area contributed by atoms with Gasteiger partial charge in [0, 0.05) is 12.2 Å². The van der Waals surface area contributed by atoms with Crippen LogP contribution in [0.5, 0.6) is 0 Å². The van der Waals surface area contributed by atoms with E-state index in [1.165, 1.54) is 7.11 Å². The third kappa shape index (κ3) is 9.30. The van der Waals surface area contributed by atoms with Crippen LogP contribution in [-0.2, 0) is 28.3 Å². The monoisotopic (exact) mass is 260 g/mol. The van der Waals surface area contributed by atoms with Crippen molar-refractivity contribution < 1.29 is 28.3 Å². The second-order valence-corrected chi connectivity index (χ2v) is 8.48. The number of rotatable bonds is 5. The number of hydrogen-bond donors (Lipinski definition) is 0. The lowest BCUT2D eigenvalue weighted by molar-refractivity contribution is -0.150. The Morgan fingerprint density at radius 3 is 2.06 bits per heavy atom. The average molecular weight is 260 g/mol. The molecule has 0 heterocycles. The number of carbonyl (C=O) groups excluding carboxylic acids is 3. The number of hydrogen-bond acceptors (Lipinski definition) is 6. The molecule has 0 amide bonds. The molecule has 96 valence electrons. The van der Waals surface area contributed by atoms with Crippen molar-refractivity contribution in [2.75, 3.05) is 13.7 Å². The lowest BCUT2D eigenvalue weighted by Gasteiger charge is -2.16. The molecule has 0 saturated carbocycles. The van der Waals surface area contributed by atoms with Crippen molar-refractivity contribution >= 4 is 26.2 Å². The van der Waals surface area contributed by atoms with E-state index >= 15 is 0 Å². The zero-order chi connectivity index (χ0) is 13.5. The Kier molecular flexibility index (Phi) is 6.19. The molecule has 0 aliphatic carbocycles. The Morgan fingerprint density at radius 1 is 1.06 bits per heavy atom. The minimum absolute atomic E-state index is 0.464. The molecule has 0 N–H and O–H groups in total. The van der Waals surface area contributed by atoms with Gasteiger partial charge in [-0.3, -0.25) is 0 Å². The van der Waals surface area contributed by atoms with Crippen molar-refractivity contribution in [3.63, 3.8) is 0 Å². The first-order chi connectivity index (χ1) is 7.74. The van der Waals surface area contributed by atoms with Crippen LogP contribution < -0.4 is 0 Å². The standard InChI is InChI=1S/C10H16O6Si/c1-14-8(11)5-6-9(12)15-7-10(13)16-17(2,3)4/h5-6H,7H2,1-4H3/b6-5-. The first kappa shape index (κ1) is 15.4. The lowest BCUT2D eigenvalue weighted by atomic mass is 10.5. The molecule has 0 fully saturated rings. The summed E-state index contributed by atoms with van der Waals surface area (Å²) in [6.45, 7) is 5.05. The Bertz CT molecular complexity index is 328. The van der Waals surface area contributed by atoms with Gasteiger partial charge in [-0.25, -0.2) is 14.4 Å². The molecule has 0 rings (SSSR count). The van der Waals surface area contributed by atoms with Crippen molar-refractivity contribution in [2.24, 2.45) is 0 Å². The predicted molar refractivity (Wildman–Crippen MR) is 61.6 cm³/mol. The predicted octanol–water partition coefficient (Wildman–Crippen LogP) is 0.637. The van der Waals surface area contributed by atoms with E-state index in [1.54, 1.807) is 0 Å². The largest absolute Gasteiger partial charge is 0.517 e. The van der Waals surface area contributed by atoms with Gasteiger partial charge in [0.2, 0.25) is 8.32 Å². The van der Waals surface area contributed by atoms with Gasteiger partial charge < -0.3 is 13.9 Å². The minimum Gasteiger partial charge on any atom is -0.517 e. The third-order valence-corrected chi connectivity index (χ3v) is 2.15. The molecule has 0 atom stereocenters. The van der Waals surface area contributed by atoms with Crippen LogP contribution in [0.15, 0.2) is 12.2 Å². The smallest absolute Gasteiger partial charge is 0.331 e. The summed E-state index contributed by atoms with van der Waals surface area (Å²) >= 11 is 0. The molecule has 0 aliphatic heterocycles. The SMILES string of the molecule is COC(=O)/C=C\C(=O)OCC(=O)O[Si](C)(C)C. The summed E-state index contributed by atoms with van der Waals surface area (Å²) < 4.78 is 13.9. The zero-order valence-corrected chi connectivity index (χ0v) is 11.3. The number of methoxy groups -OCH3 is 1. The highest BCUT2D eigenvalue weighted by molar-refractivity contribution is 6.71. The summed E-state index contributed by atoms with van der Waals surface area (Å²) in [5, 5.41) is 0. The zero-order valence-electron chi connectivity index (χ0n) is 10.3. The lowest BCUT2D eigenvalue weighted by Crippen LogP contribution is -2.31. The molecule has 6 nitrogen and oxygen atoms in total. The van der Waals surface area contributed by atoms with Crippen molar-refractivity contribution in [1.29, 1.82) is 0 Å². The van der Waals surface area contributed by atoms with Crippen LogP contribution >= 0.6 is 0 Å². The fraction of sp³-hybridized carbons (Fsp3) is 0.500. The molecule has 0 aliphatic rings. The van der Waals surface area contributed by atoms with Crippen LogP contribution in [-0.4, -0.2) is 39.9 Å². The molecule has 7 heteroatoms. The molecular weight excluding hydrogens is 244 g/mol. The summed E-state index contributed by atoms with van der Waals surface area (Å²) in [6.07, 6.45) is 1.79. The van der Waals surface area contributed by atoms with Gasteiger partial charge in [-0.1, -0.05) is 0 Å². The summed E-state index contributed by atoms with van der Waals surface area (Å²) in [4.78, 5) is 32.8. The van der Waals surface area contributed by atoms with Gasteiger partial charge >= 0.3 is 17.9 Å². The topological polar surface area (TPSA) is 78.9 Å². The summed E-state index contributed by atoms with van der Waals surface area (Å²) in [6, 6.07) is 0. The fourth-order valence-corrected chi connectivity index (χ4v) is 1.50. The Hall–Kier alpha value is -1.63. The molecule has 0 radical (unpaired) electrons. The molecule has 0 saturated heterocycles. The van der Waals surface area contributed by atoms with E-state index < -0.39 is 32.8 Å². The van der Waals surface area contributed by atoms with E-state index in [0.29, 0.717) is 0 Å². The van der Waals surface area contributed by atoms with Gasteiger partial charge in [-0.2, -0.15) is 0 Å². The Morgan fingerprint density at radius 2 is 1.59 bits per heavy atom. The average Bonchev–Trinajstić information content (AvgIpc) is 2.20. The highest BCUT2D eigenvalue weighted by Crippen LogP contribution is 2.02.